The molecule has 2 heteroatoms. The standard InChI is InChI=1S/C14H32N2/c1-6-7-11-16(5)14(4)9-8-10-15-12-13(2)3/h13-15H,6-12H2,1-5H3. The van der Waals surface area contributed by atoms with Gasteiger partial charge in [-0.2, -0.15) is 0 Å². The van der Waals surface area contributed by atoms with E-state index in [2.05, 4.69) is 45.0 Å². The highest BCUT2D eigenvalue weighted by Gasteiger charge is 2.07. The Morgan fingerprint density at radius 1 is 1.12 bits per heavy atom. The molecule has 0 saturated carbocycles. The summed E-state index contributed by atoms with van der Waals surface area (Å²) in [6.07, 6.45) is 5.23. The number of hydrogen-bond donors (Lipinski definition) is 1. The van der Waals surface area contributed by atoms with Gasteiger partial charge in [-0.25, -0.2) is 0 Å². The summed E-state index contributed by atoms with van der Waals surface area (Å²) < 4.78 is 0. The van der Waals surface area contributed by atoms with Crippen molar-refractivity contribution >= 4 is 0 Å². The van der Waals surface area contributed by atoms with Gasteiger partial charge in [0.2, 0.25) is 0 Å². The second-order valence-corrected chi connectivity index (χ2v) is 5.42. The molecule has 1 unspecified atom stereocenters. The quantitative estimate of drug-likeness (QED) is 0.578. The van der Waals surface area contributed by atoms with Gasteiger partial charge in [0.05, 0.1) is 0 Å². The fourth-order valence-electron chi connectivity index (χ4n) is 1.76. The minimum absolute atomic E-state index is 0.729. The normalized spacial score (nSPS) is 13.7. The first kappa shape index (κ1) is 15.9. The Morgan fingerprint density at radius 3 is 2.38 bits per heavy atom. The maximum atomic E-state index is 3.50. The van der Waals surface area contributed by atoms with Gasteiger partial charge in [0, 0.05) is 6.04 Å². The highest BCUT2D eigenvalue weighted by molar-refractivity contribution is 4.64. The van der Waals surface area contributed by atoms with Crippen LogP contribution in [0.15, 0.2) is 0 Å². The van der Waals surface area contributed by atoms with Gasteiger partial charge in [0.25, 0.3) is 0 Å². The molecule has 2 nitrogen and oxygen atoms in total. The average molecular weight is 228 g/mol. The molecule has 1 N–H and O–H groups in total. The summed E-state index contributed by atoms with van der Waals surface area (Å²) in [4.78, 5) is 2.49. The van der Waals surface area contributed by atoms with Crippen molar-refractivity contribution in [1.29, 1.82) is 0 Å². The lowest BCUT2D eigenvalue weighted by Gasteiger charge is -2.24. The lowest BCUT2D eigenvalue weighted by Crippen LogP contribution is -2.31. The Kier molecular flexibility index (Phi) is 10.0. The highest BCUT2D eigenvalue weighted by Crippen LogP contribution is 2.05. The molecule has 1 atom stereocenters. The second-order valence-electron chi connectivity index (χ2n) is 5.42. The van der Waals surface area contributed by atoms with Crippen molar-refractivity contribution in [3.05, 3.63) is 0 Å². The van der Waals surface area contributed by atoms with Crippen molar-refractivity contribution < 1.29 is 0 Å². The van der Waals surface area contributed by atoms with Crippen LogP contribution in [0.2, 0.25) is 0 Å². The van der Waals surface area contributed by atoms with Crippen LogP contribution in [0.4, 0.5) is 0 Å². The van der Waals surface area contributed by atoms with Crippen LogP contribution in [0.1, 0.15) is 53.4 Å². The summed E-state index contributed by atoms with van der Waals surface area (Å²) in [7, 11) is 2.25. The van der Waals surface area contributed by atoms with Crippen LogP contribution >= 0.6 is 0 Å². The van der Waals surface area contributed by atoms with E-state index >= 15 is 0 Å². The number of nitrogens with zero attached hydrogens (tertiary/aromatic N) is 1. The minimum atomic E-state index is 0.729. The average Bonchev–Trinajstić information content (AvgIpc) is 2.24. The molecule has 0 saturated heterocycles. The van der Waals surface area contributed by atoms with E-state index in [1.807, 2.05) is 0 Å². The van der Waals surface area contributed by atoms with Crippen LogP contribution in [0.3, 0.4) is 0 Å². The Morgan fingerprint density at radius 2 is 1.81 bits per heavy atom. The molecule has 0 aliphatic heterocycles. The monoisotopic (exact) mass is 228 g/mol. The maximum absolute atomic E-state index is 3.50. The minimum Gasteiger partial charge on any atom is -0.316 e. The maximum Gasteiger partial charge on any atom is 0.00643 e. The van der Waals surface area contributed by atoms with E-state index in [4.69, 9.17) is 0 Å². The molecule has 0 amide bonds. The molecule has 0 heterocycles. The van der Waals surface area contributed by atoms with Crippen molar-refractivity contribution in [1.82, 2.24) is 10.2 Å². The first-order chi connectivity index (χ1) is 7.57. The van der Waals surface area contributed by atoms with E-state index in [1.54, 1.807) is 0 Å². The van der Waals surface area contributed by atoms with E-state index in [9.17, 15) is 0 Å². The highest BCUT2D eigenvalue weighted by atomic mass is 15.1. The van der Waals surface area contributed by atoms with Gasteiger partial charge in [0.15, 0.2) is 0 Å². The van der Waals surface area contributed by atoms with Gasteiger partial charge in [-0.3, -0.25) is 0 Å². The van der Waals surface area contributed by atoms with E-state index in [-0.39, 0.29) is 0 Å². The van der Waals surface area contributed by atoms with Crippen LogP contribution < -0.4 is 5.32 Å². The van der Waals surface area contributed by atoms with Crippen LogP contribution in [0.25, 0.3) is 0 Å². The zero-order valence-electron chi connectivity index (χ0n) is 12.1. The molecule has 0 rings (SSSR count). The molecule has 98 valence electrons. The summed E-state index contributed by atoms with van der Waals surface area (Å²) in [5, 5.41) is 3.50. The molecular weight excluding hydrogens is 196 g/mol. The largest absolute Gasteiger partial charge is 0.316 e. The zero-order chi connectivity index (χ0) is 12.4. The first-order valence-electron chi connectivity index (χ1n) is 6.98. The number of unbranched alkanes of at least 4 members (excludes halogenated alkanes) is 1. The van der Waals surface area contributed by atoms with Gasteiger partial charge in [-0.15, -0.1) is 0 Å². The van der Waals surface area contributed by atoms with E-state index in [0.29, 0.717) is 0 Å². The van der Waals surface area contributed by atoms with Gasteiger partial charge >= 0.3 is 0 Å². The van der Waals surface area contributed by atoms with Crippen molar-refractivity contribution in [2.75, 3.05) is 26.7 Å². The fourth-order valence-corrected chi connectivity index (χ4v) is 1.76. The summed E-state index contributed by atoms with van der Waals surface area (Å²) in [5.74, 6) is 0.768. The van der Waals surface area contributed by atoms with Gasteiger partial charge in [-0.1, -0.05) is 27.2 Å². The Labute approximate surface area is 103 Å². The molecule has 0 aromatic rings. The predicted molar refractivity (Wildman–Crippen MR) is 73.9 cm³/mol. The lowest BCUT2D eigenvalue weighted by atomic mass is 10.1. The Bertz CT molecular complexity index is 146. The van der Waals surface area contributed by atoms with E-state index < -0.39 is 0 Å². The molecule has 16 heavy (non-hydrogen) atoms. The molecule has 0 aliphatic carbocycles. The molecular formula is C14H32N2. The number of nitrogens with one attached hydrogen (secondary N) is 1. The Balaban J connectivity index is 3.38. The summed E-state index contributed by atoms with van der Waals surface area (Å²) in [5.41, 5.74) is 0. The van der Waals surface area contributed by atoms with Crippen molar-refractivity contribution in [2.45, 2.75) is 59.4 Å². The third-order valence-corrected chi connectivity index (χ3v) is 3.14. The van der Waals surface area contributed by atoms with Crippen LogP contribution in [-0.2, 0) is 0 Å². The molecule has 0 radical (unpaired) electrons. The zero-order valence-corrected chi connectivity index (χ0v) is 12.1. The lowest BCUT2D eigenvalue weighted by molar-refractivity contribution is 0.239. The van der Waals surface area contributed by atoms with Crippen molar-refractivity contribution in [3.8, 4) is 0 Å². The smallest absolute Gasteiger partial charge is 0.00643 e. The Hall–Kier alpha value is -0.0800. The van der Waals surface area contributed by atoms with Gasteiger partial charge in [0.1, 0.15) is 0 Å². The molecule has 0 aromatic heterocycles. The molecule has 0 aliphatic rings. The predicted octanol–water partition coefficient (Wildman–Crippen LogP) is 3.13. The van der Waals surface area contributed by atoms with E-state index in [1.165, 1.54) is 38.8 Å². The van der Waals surface area contributed by atoms with Gasteiger partial charge < -0.3 is 10.2 Å². The number of rotatable bonds is 10. The van der Waals surface area contributed by atoms with Crippen molar-refractivity contribution in [2.24, 2.45) is 5.92 Å². The van der Waals surface area contributed by atoms with Crippen LogP contribution in [0, 0.1) is 5.92 Å². The molecule has 0 fully saturated rings. The van der Waals surface area contributed by atoms with Crippen molar-refractivity contribution in [3.63, 3.8) is 0 Å². The fraction of sp³-hybridized carbons (Fsp3) is 1.00. The topological polar surface area (TPSA) is 15.3 Å². The third kappa shape index (κ3) is 9.17. The second kappa shape index (κ2) is 10.1. The molecule has 0 aromatic carbocycles. The summed E-state index contributed by atoms with van der Waals surface area (Å²) in [6.45, 7) is 12.7. The first-order valence-corrected chi connectivity index (χ1v) is 6.98. The summed E-state index contributed by atoms with van der Waals surface area (Å²) >= 11 is 0. The van der Waals surface area contributed by atoms with E-state index in [0.717, 1.165) is 18.5 Å². The SMILES string of the molecule is CCCCN(C)C(C)CCCNCC(C)C. The van der Waals surface area contributed by atoms with Crippen LogP contribution in [-0.4, -0.2) is 37.6 Å². The number of hydrogen-bond acceptors (Lipinski definition) is 2. The molecule has 0 bridgehead atoms. The third-order valence-electron chi connectivity index (χ3n) is 3.14. The summed E-state index contributed by atoms with van der Waals surface area (Å²) in [6, 6.07) is 0.729. The van der Waals surface area contributed by atoms with Gasteiger partial charge in [-0.05, 0) is 58.8 Å². The molecule has 0 spiro atoms. The van der Waals surface area contributed by atoms with Crippen LogP contribution in [0.5, 0.6) is 0 Å².